The van der Waals surface area contributed by atoms with Crippen LogP contribution in [0.5, 0.6) is 0 Å². The van der Waals surface area contributed by atoms with Crippen LogP contribution in [0.4, 0.5) is 0 Å². The molecule has 0 aromatic carbocycles. The number of carbonyl (C=O) groups is 2. The average Bonchev–Trinajstić information content (AvgIpc) is 2.62. The van der Waals surface area contributed by atoms with E-state index in [0.29, 0.717) is 12.7 Å². The Kier molecular flexibility index (Phi) is 25.4. The summed E-state index contributed by atoms with van der Waals surface area (Å²) in [5.74, 6) is -2.00. The van der Waals surface area contributed by atoms with Crippen molar-refractivity contribution in [1.29, 1.82) is 0 Å². The molecule has 4 nitrogen and oxygen atoms in total. The molecule has 0 aliphatic heterocycles. The Morgan fingerprint density at radius 3 is 1.41 bits per heavy atom. The van der Waals surface area contributed by atoms with Crippen LogP contribution in [0.3, 0.4) is 0 Å². The van der Waals surface area contributed by atoms with Crippen LogP contribution < -0.4 is 34.7 Å². The molecule has 0 fully saturated rings. The van der Waals surface area contributed by atoms with Crippen molar-refractivity contribution < 1.29 is 49.0 Å². The minimum absolute atomic E-state index is 0. The molecule has 0 rings (SSSR count). The minimum atomic E-state index is -1.38. The van der Waals surface area contributed by atoms with E-state index in [9.17, 15) is 14.7 Å². The summed E-state index contributed by atoms with van der Waals surface area (Å²) in [6.07, 6.45) is 22.4. The number of carbonyl (C=O) groups excluding carboxylic acids is 2. The van der Waals surface area contributed by atoms with Gasteiger partial charge in [-0.3, -0.25) is 0 Å². The van der Waals surface area contributed by atoms with Crippen LogP contribution in [-0.2, 0) is 14.3 Å². The molecule has 0 heterocycles. The van der Waals surface area contributed by atoms with Crippen molar-refractivity contribution in [2.45, 2.75) is 110 Å². The third kappa shape index (κ3) is 25.7. The summed E-state index contributed by atoms with van der Waals surface area (Å²) in [6.45, 7) is 2.62. The van der Waals surface area contributed by atoms with Crippen molar-refractivity contribution >= 4 is 11.9 Å². The van der Waals surface area contributed by atoms with Crippen molar-refractivity contribution in [2.75, 3.05) is 6.61 Å². The maximum atomic E-state index is 11.1. The molecule has 0 bridgehead atoms. The zero-order valence-corrected chi connectivity index (χ0v) is 19.8. The van der Waals surface area contributed by atoms with Gasteiger partial charge in [-0.2, -0.15) is 0 Å². The van der Waals surface area contributed by atoms with E-state index in [0.717, 1.165) is 18.9 Å². The zero-order valence-electron chi connectivity index (χ0n) is 17.8. The molecule has 0 unspecified atom stereocenters. The number of carboxylic acids is 1. The van der Waals surface area contributed by atoms with E-state index in [1.807, 2.05) is 0 Å². The summed E-state index contributed by atoms with van der Waals surface area (Å²) in [7, 11) is 0. The molecule has 27 heavy (non-hydrogen) atoms. The second-order valence-corrected chi connectivity index (χ2v) is 7.12. The summed E-state index contributed by atoms with van der Waals surface area (Å²) in [4.78, 5) is 21.2. The van der Waals surface area contributed by atoms with Crippen LogP contribution in [0.1, 0.15) is 110 Å². The monoisotopic (exact) mass is 390 g/mol. The fraction of sp³-hybridized carbons (Fsp3) is 0.818. The van der Waals surface area contributed by atoms with Crippen molar-refractivity contribution in [3.8, 4) is 0 Å². The molecule has 0 aliphatic rings. The van der Waals surface area contributed by atoms with Gasteiger partial charge in [0.05, 0.1) is 12.6 Å². The first-order valence-corrected chi connectivity index (χ1v) is 10.7. The van der Waals surface area contributed by atoms with Gasteiger partial charge >= 0.3 is 35.5 Å². The number of rotatable bonds is 19. The smallest absolute Gasteiger partial charge is 0.545 e. The van der Waals surface area contributed by atoms with Gasteiger partial charge in [0.2, 0.25) is 0 Å². The summed E-state index contributed by atoms with van der Waals surface area (Å²) < 4.78 is 4.89. The molecule has 0 N–H and O–H groups in total. The number of unbranched alkanes of at least 4 members (excludes halogenated alkanes) is 15. The zero-order chi connectivity index (χ0) is 19.3. The van der Waals surface area contributed by atoms with Crippen LogP contribution >= 0.6 is 0 Å². The first-order valence-electron chi connectivity index (χ1n) is 10.7. The standard InChI is InChI=1S/C22H40O4.Na/c1-2-3-4-5-6-7-8-9-10-11-12-13-14-15-16-17-20-26-22(25)19-18-21(23)24;/h18-19H,2-17,20H2,1H3,(H,23,24);/q;+1/p-1/b19-18-;. The topological polar surface area (TPSA) is 66.4 Å². The molecule has 0 radical (unpaired) electrons. The number of esters is 1. The van der Waals surface area contributed by atoms with Crippen LogP contribution in [0.2, 0.25) is 0 Å². The normalized spacial score (nSPS) is 10.7. The molecule has 5 heteroatoms. The van der Waals surface area contributed by atoms with E-state index < -0.39 is 11.9 Å². The summed E-state index contributed by atoms with van der Waals surface area (Å²) >= 11 is 0. The summed E-state index contributed by atoms with van der Waals surface area (Å²) in [5.41, 5.74) is 0. The minimum Gasteiger partial charge on any atom is -0.545 e. The first kappa shape index (κ1) is 28.9. The Balaban J connectivity index is 0. The van der Waals surface area contributed by atoms with Gasteiger partial charge in [0.1, 0.15) is 0 Å². The Morgan fingerprint density at radius 2 is 1.04 bits per heavy atom. The third-order valence-corrected chi connectivity index (χ3v) is 4.60. The molecule has 0 aromatic heterocycles. The van der Waals surface area contributed by atoms with Gasteiger partial charge in [0.25, 0.3) is 0 Å². The molecule has 152 valence electrons. The molecular formula is C22H39NaO4. The molecule has 0 amide bonds. The van der Waals surface area contributed by atoms with E-state index in [2.05, 4.69) is 6.92 Å². The number of hydrogen-bond acceptors (Lipinski definition) is 4. The van der Waals surface area contributed by atoms with Crippen molar-refractivity contribution in [3.63, 3.8) is 0 Å². The van der Waals surface area contributed by atoms with Gasteiger partial charge < -0.3 is 14.6 Å². The third-order valence-electron chi connectivity index (χ3n) is 4.60. The SMILES string of the molecule is CCCCCCCCCCCCCCCCCCOC(=O)/C=C\C(=O)[O-].[Na+]. The Bertz CT molecular complexity index is 369. The molecule has 0 atom stereocenters. The van der Waals surface area contributed by atoms with Crippen molar-refractivity contribution in [2.24, 2.45) is 0 Å². The number of aliphatic carboxylic acids is 1. The molecule has 0 spiro atoms. The maximum Gasteiger partial charge on any atom is 1.00 e. The average molecular weight is 391 g/mol. The van der Waals surface area contributed by atoms with Gasteiger partial charge in [-0.15, -0.1) is 0 Å². The van der Waals surface area contributed by atoms with Crippen LogP contribution in [-0.4, -0.2) is 18.5 Å². The summed E-state index contributed by atoms with van der Waals surface area (Å²) in [6, 6.07) is 0. The first-order chi connectivity index (χ1) is 12.7. The van der Waals surface area contributed by atoms with Gasteiger partial charge in [-0.25, -0.2) is 4.79 Å². The maximum absolute atomic E-state index is 11.1. The predicted molar refractivity (Wildman–Crippen MR) is 105 cm³/mol. The van der Waals surface area contributed by atoms with Gasteiger partial charge in [0, 0.05) is 6.08 Å². The van der Waals surface area contributed by atoms with Gasteiger partial charge in [-0.1, -0.05) is 103 Å². The van der Waals surface area contributed by atoms with E-state index in [1.54, 1.807) is 0 Å². The number of hydrogen-bond donors (Lipinski definition) is 0. The predicted octanol–water partition coefficient (Wildman–Crippen LogP) is 2.10. The second-order valence-electron chi connectivity index (χ2n) is 7.12. The Labute approximate surface area is 188 Å². The van der Waals surface area contributed by atoms with E-state index in [-0.39, 0.29) is 29.6 Å². The van der Waals surface area contributed by atoms with E-state index in [1.165, 1.54) is 89.9 Å². The molecule has 0 saturated carbocycles. The van der Waals surface area contributed by atoms with Crippen LogP contribution in [0, 0.1) is 0 Å². The Morgan fingerprint density at radius 1 is 0.667 bits per heavy atom. The summed E-state index contributed by atoms with van der Waals surface area (Å²) in [5, 5.41) is 10.1. The molecule has 0 aliphatic carbocycles. The largest absolute Gasteiger partial charge is 1.00 e. The van der Waals surface area contributed by atoms with Gasteiger partial charge in [0.15, 0.2) is 0 Å². The fourth-order valence-electron chi connectivity index (χ4n) is 3.01. The van der Waals surface area contributed by atoms with E-state index >= 15 is 0 Å². The molecule has 0 saturated heterocycles. The van der Waals surface area contributed by atoms with E-state index in [4.69, 9.17) is 4.74 Å². The molecular weight excluding hydrogens is 351 g/mol. The Hall–Kier alpha value is -0.320. The van der Waals surface area contributed by atoms with Crippen LogP contribution in [0.15, 0.2) is 12.2 Å². The van der Waals surface area contributed by atoms with Crippen molar-refractivity contribution in [1.82, 2.24) is 0 Å². The molecule has 0 aromatic rings. The van der Waals surface area contributed by atoms with Crippen LogP contribution in [0.25, 0.3) is 0 Å². The van der Waals surface area contributed by atoms with Crippen molar-refractivity contribution in [3.05, 3.63) is 12.2 Å². The van der Waals surface area contributed by atoms with Gasteiger partial charge in [-0.05, 0) is 12.5 Å². The quantitative estimate of drug-likeness (QED) is 0.147. The fourth-order valence-corrected chi connectivity index (χ4v) is 3.01. The second kappa shape index (κ2) is 23.7. The number of ether oxygens (including phenoxy) is 1. The number of carboxylic acid groups (broad SMARTS) is 1.